The van der Waals surface area contributed by atoms with E-state index >= 15 is 0 Å². The predicted molar refractivity (Wildman–Crippen MR) is 116 cm³/mol. The molecule has 5 nitrogen and oxygen atoms in total. The summed E-state index contributed by atoms with van der Waals surface area (Å²) in [7, 11) is 0. The summed E-state index contributed by atoms with van der Waals surface area (Å²) in [6.45, 7) is 8.31. The number of benzene rings is 1. The van der Waals surface area contributed by atoms with E-state index in [1.165, 1.54) is 22.2 Å². The van der Waals surface area contributed by atoms with Crippen LogP contribution in [0.4, 0.5) is 5.69 Å². The van der Waals surface area contributed by atoms with E-state index in [4.69, 9.17) is 5.26 Å². The first-order valence-electron chi connectivity index (χ1n) is 9.06. The number of aryl methyl sites for hydroxylation is 3. The highest BCUT2D eigenvalue weighted by atomic mass is 32.2. The van der Waals surface area contributed by atoms with Gasteiger partial charge >= 0.3 is 0 Å². The summed E-state index contributed by atoms with van der Waals surface area (Å²) in [4.78, 5) is 26.3. The van der Waals surface area contributed by atoms with Crippen molar-refractivity contribution in [2.45, 2.75) is 44.4 Å². The molecule has 0 bridgehead atoms. The van der Waals surface area contributed by atoms with Crippen molar-refractivity contribution in [3.63, 3.8) is 0 Å². The minimum Gasteiger partial charge on any atom is -0.310 e. The molecule has 3 aromatic rings. The van der Waals surface area contributed by atoms with Crippen LogP contribution in [-0.2, 0) is 4.79 Å². The molecule has 1 aromatic carbocycles. The van der Waals surface area contributed by atoms with Crippen LogP contribution in [0.1, 0.15) is 29.6 Å². The van der Waals surface area contributed by atoms with Crippen molar-refractivity contribution in [1.29, 1.82) is 5.26 Å². The number of amides is 1. The Morgan fingerprint density at radius 1 is 1.25 bits per heavy atom. The average Bonchev–Trinajstić information content (AvgIpc) is 2.96. The zero-order valence-electron chi connectivity index (χ0n) is 16.4. The average molecular weight is 411 g/mol. The van der Waals surface area contributed by atoms with Crippen LogP contribution in [-0.4, -0.2) is 27.7 Å². The van der Waals surface area contributed by atoms with Crippen LogP contribution in [0.25, 0.3) is 10.2 Å². The Kier molecular flexibility index (Phi) is 6.32. The van der Waals surface area contributed by atoms with Crippen molar-refractivity contribution in [2.24, 2.45) is 0 Å². The lowest BCUT2D eigenvalue weighted by Gasteiger charge is -2.25. The second kappa shape index (κ2) is 8.72. The van der Waals surface area contributed by atoms with Crippen LogP contribution in [0.15, 0.2) is 35.4 Å². The van der Waals surface area contributed by atoms with E-state index in [1.54, 1.807) is 16.2 Å². The van der Waals surface area contributed by atoms with Gasteiger partial charge in [-0.05, 0) is 45.4 Å². The number of hydrogen-bond donors (Lipinski definition) is 0. The third kappa shape index (κ3) is 4.18. The van der Waals surface area contributed by atoms with Crippen molar-refractivity contribution < 1.29 is 4.79 Å². The highest BCUT2D eigenvalue weighted by Crippen LogP contribution is 2.37. The van der Waals surface area contributed by atoms with Crippen LogP contribution in [0.2, 0.25) is 0 Å². The number of hydrogen-bond acceptors (Lipinski definition) is 6. The maximum Gasteiger partial charge on any atom is 0.240 e. The Balaban J connectivity index is 1.91. The lowest BCUT2D eigenvalue weighted by Crippen LogP contribution is -2.37. The number of nitrogens with zero attached hydrogens (tertiary/aromatic N) is 4. The molecule has 1 amide bonds. The smallest absolute Gasteiger partial charge is 0.240 e. The lowest BCUT2D eigenvalue weighted by atomic mass is 10.2. The molecule has 1 atom stereocenters. The fourth-order valence-electron chi connectivity index (χ4n) is 2.97. The molecule has 0 fully saturated rings. The van der Waals surface area contributed by atoms with Crippen molar-refractivity contribution >= 4 is 44.9 Å². The van der Waals surface area contributed by atoms with Gasteiger partial charge in [-0.3, -0.25) is 4.79 Å². The van der Waals surface area contributed by atoms with Gasteiger partial charge in [-0.1, -0.05) is 30.0 Å². The van der Waals surface area contributed by atoms with E-state index in [2.05, 4.69) is 29.9 Å². The maximum atomic E-state index is 13.2. The van der Waals surface area contributed by atoms with Gasteiger partial charge < -0.3 is 4.90 Å². The van der Waals surface area contributed by atoms with Crippen molar-refractivity contribution in [2.75, 3.05) is 11.4 Å². The molecular formula is C21H22N4OS2. The molecule has 2 aromatic heterocycles. The molecule has 28 heavy (non-hydrogen) atoms. The number of fused-ring (bicyclic) bond motifs is 1. The highest BCUT2D eigenvalue weighted by Gasteiger charge is 2.25. The largest absolute Gasteiger partial charge is 0.310 e. The van der Waals surface area contributed by atoms with Gasteiger partial charge in [0, 0.05) is 22.5 Å². The number of carbonyl (C=O) groups excluding carboxylic acids is 1. The SMILES string of the molecule is Cc1nc(S[C@H](C)C(=O)N(CCC#N)c2ccccc2)c2c(C)c(C)sc2n1. The zero-order chi connectivity index (χ0) is 20.3. The van der Waals surface area contributed by atoms with Gasteiger partial charge in [0.05, 0.1) is 17.7 Å². The summed E-state index contributed by atoms with van der Waals surface area (Å²) in [5.74, 6) is 0.681. The zero-order valence-corrected chi connectivity index (χ0v) is 18.0. The van der Waals surface area contributed by atoms with Crippen molar-refractivity contribution in [3.8, 4) is 6.07 Å². The number of thioether (sulfide) groups is 1. The summed E-state index contributed by atoms with van der Waals surface area (Å²) >= 11 is 3.12. The van der Waals surface area contributed by atoms with Crippen molar-refractivity contribution in [1.82, 2.24) is 9.97 Å². The molecule has 0 saturated carbocycles. The number of carbonyl (C=O) groups is 1. The monoisotopic (exact) mass is 410 g/mol. The predicted octanol–water partition coefficient (Wildman–Crippen LogP) is 5.04. The molecule has 144 valence electrons. The Hall–Kier alpha value is -2.43. The number of rotatable bonds is 6. The van der Waals surface area contributed by atoms with Crippen molar-refractivity contribution in [3.05, 3.63) is 46.6 Å². The lowest BCUT2D eigenvalue weighted by molar-refractivity contribution is -0.117. The maximum absolute atomic E-state index is 13.2. The van der Waals surface area contributed by atoms with Crippen LogP contribution >= 0.6 is 23.1 Å². The normalized spacial score (nSPS) is 12.0. The van der Waals surface area contributed by atoms with Crippen LogP contribution < -0.4 is 4.90 Å². The third-order valence-corrected chi connectivity index (χ3v) is 6.70. The van der Waals surface area contributed by atoms with E-state index in [-0.39, 0.29) is 17.6 Å². The molecule has 0 unspecified atom stereocenters. The Labute approximate surface area is 173 Å². The first-order valence-corrected chi connectivity index (χ1v) is 10.8. The Morgan fingerprint density at radius 3 is 2.64 bits per heavy atom. The number of anilines is 1. The summed E-state index contributed by atoms with van der Waals surface area (Å²) < 4.78 is 0. The van der Waals surface area contributed by atoms with Gasteiger partial charge in [0.2, 0.25) is 5.91 Å². The first kappa shape index (κ1) is 20.3. The van der Waals surface area contributed by atoms with Gasteiger partial charge in [-0.25, -0.2) is 9.97 Å². The Morgan fingerprint density at radius 2 is 1.96 bits per heavy atom. The van der Waals surface area contributed by atoms with Crippen LogP contribution in [0.3, 0.4) is 0 Å². The fourth-order valence-corrected chi connectivity index (χ4v) is 5.23. The van der Waals surface area contributed by atoms with E-state index in [0.717, 1.165) is 20.9 Å². The number of para-hydroxylation sites is 1. The van der Waals surface area contributed by atoms with E-state index < -0.39 is 0 Å². The van der Waals surface area contributed by atoms with Crippen LogP contribution in [0.5, 0.6) is 0 Å². The summed E-state index contributed by atoms with van der Waals surface area (Å²) in [6.07, 6.45) is 0.289. The summed E-state index contributed by atoms with van der Waals surface area (Å²) in [5.41, 5.74) is 1.98. The summed E-state index contributed by atoms with van der Waals surface area (Å²) in [5, 5.41) is 10.5. The van der Waals surface area contributed by atoms with E-state index in [9.17, 15) is 4.79 Å². The first-order chi connectivity index (χ1) is 13.4. The highest BCUT2D eigenvalue weighted by molar-refractivity contribution is 8.00. The molecule has 0 radical (unpaired) electrons. The Bertz CT molecular complexity index is 1040. The molecule has 7 heteroatoms. The van der Waals surface area contributed by atoms with Gasteiger partial charge in [0.25, 0.3) is 0 Å². The second-order valence-corrected chi connectivity index (χ2v) is 9.07. The quantitative estimate of drug-likeness (QED) is 0.420. The molecule has 0 aliphatic heterocycles. The fraction of sp³-hybridized carbons (Fsp3) is 0.333. The number of aromatic nitrogens is 2. The molecule has 0 aliphatic carbocycles. The summed E-state index contributed by atoms with van der Waals surface area (Å²) in [6, 6.07) is 11.6. The molecule has 0 aliphatic rings. The molecule has 0 N–H and O–H groups in total. The number of thiophene rings is 1. The van der Waals surface area contributed by atoms with Gasteiger partial charge in [0.15, 0.2) is 0 Å². The molecule has 3 rings (SSSR count). The molecular weight excluding hydrogens is 388 g/mol. The minimum atomic E-state index is -0.337. The van der Waals surface area contributed by atoms with Gasteiger partial charge in [0.1, 0.15) is 15.7 Å². The van der Waals surface area contributed by atoms with E-state index in [1.807, 2.05) is 44.2 Å². The minimum absolute atomic E-state index is 0.0273. The second-order valence-electron chi connectivity index (χ2n) is 6.53. The molecule has 0 spiro atoms. The van der Waals surface area contributed by atoms with E-state index in [0.29, 0.717) is 12.4 Å². The van der Waals surface area contributed by atoms with Gasteiger partial charge in [-0.2, -0.15) is 5.26 Å². The third-order valence-electron chi connectivity index (χ3n) is 4.52. The molecule has 0 saturated heterocycles. The van der Waals surface area contributed by atoms with Gasteiger partial charge in [-0.15, -0.1) is 11.3 Å². The molecule has 2 heterocycles. The standard InChI is InChI=1S/C21H22N4OS2/c1-13-14(2)27-19-18(13)20(24-16(4)23-19)28-15(3)21(26)25(12-8-11-22)17-9-6-5-7-10-17/h5-7,9-10,15H,8,12H2,1-4H3/t15-/m1/s1. The topological polar surface area (TPSA) is 69.9 Å². The number of nitriles is 1. The van der Waals surface area contributed by atoms with Crippen LogP contribution in [0, 0.1) is 32.1 Å².